The first-order chi connectivity index (χ1) is 14.8. The van der Waals surface area contributed by atoms with Gasteiger partial charge in [0.1, 0.15) is 17.5 Å². The summed E-state index contributed by atoms with van der Waals surface area (Å²) in [7, 11) is 1.96. The third-order valence-electron chi connectivity index (χ3n) is 5.81. The highest BCUT2D eigenvalue weighted by atomic mass is 16.4. The van der Waals surface area contributed by atoms with E-state index in [9.17, 15) is 15.2 Å². The normalized spacial score (nSPS) is 17.0. The van der Waals surface area contributed by atoms with E-state index in [1.54, 1.807) is 6.92 Å². The summed E-state index contributed by atoms with van der Waals surface area (Å²) in [5.74, 6) is 0.486. The molecular formula is C21H24N8O2. The van der Waals surface area contributed by atoms with Crippen LogP contribution in [0.25, 0.3) is 11.0 Å². The Kier molecular flexibility index (Phi) is 5.10. The van der Waals surface area contributed by atoms with E-state index < -0.39 is 6.09 Å². The number of carboxylic acid groups (broad SMARTS) is 1. The van der Waals surface area contributed by atoms with Crippen molar-refractivity contribution in [2.24, 2.45) is 7.05 Å². The van der Waals surface area contributed by atoms with Gasteiger partial charge >= 0.3 is 6.09 Å². The van der Waals surface area contributed by atoms with E-state index in [2.05, 4.69) is 27.4 Å². The zero-order valence-corrected chi connectivity index (χ0v) is 17.6. The molecule has 10 nitrogen and oxygen atoms in total. The molecule has 2 atom stereocenters. The molecule has 1 saturated heterocycles. The first-order valence-electron chi connectivity index (χ1n) is 10.0. The summed E-state index contributed by atoms with van der Waals surface area (Å²) in [5.41, 5.74) is 10.3. The highest BCUT2D eigenvalue weighted by molar-refractivity contribution is 5.77. The summed E-state index contributed by atoms with van der Waals surface area (Å²) < 4.78 is 2.00. The largest absolute Gasteiger partial charge is 0.465 e. The summed E-state index contributed by atoms with van der Waals surface area (Å²) >= 11 is 0. The quantitative estimate of drug-likeness (QED) is 0.584. The maximum atomic E-state index is 11.4. The van der Waals surface area contributed by atoms with E-state index in [1.165, 1.54) is 4.90 Å². The number of hydrogen-bond acceptors (Lipinski definition) is 7. The first kappa shape index (κ1) is 20.4. The number of nitrogens with two attached hydrogens (primary N) is 1. The zero-order chi connectivity index (χ0) is 22.3. The minimum absolute atomic E-state index is 0.0368. The highest BCUT2D eigenvalue weighted by Gasteiger charge is 2.31. The first-order valence-corrected chi connectivity index (χ1v) is 10.0. The van der Waals surface area contributed by atoms with Crippen molar-refractivity contribution in [2.75, 3.05) is 24.1 Å². The van der Waals surface area contributed by atoms with Gasteiger partial charge in [0.25, 0.3) is 0 Å². The average Bonchev–Trinajstić information content (AvgIpc) is 3.34. The molecule has 10 heteroatoms. The average molecular weight is 420 g/mol. The summed E-state index contributed by atoms with van der Waals surface area (Å²) in [6.07, 6.45) is 1.77. The van der Waals surface area contributed by atoms with Crippen LogP contribution in [0, 0.1) is 18.3 Å². The predicted octanol–water partition coefficient (Wildman–Crippen LogP) is 2.77. The van der Waals surface area contributed by atoms with Gasteiger partial charge in [-0.15, -0.1) is 0 Å². The molecule has 4 heterocycles. The molecule has 0 aliphatic carbocycles. The number of nitrogens with zero attached hydrogens (tertiary/aromatic N) is 6. The Hall–Kier alpha value is -3.87. The minimum Gasteiger partial charge on any atom is -0.465 e. The van der Waals surface area contributed by atoms with Gasteiger partial charge < -0.3 is 25.6 Å². The zero-order valence-electron chi connectivity index (χ0n) is 17.6. The Morgan fingerprint density at radius 3 is 2.87 bits per heavy atom. The predicted molar refractivity (Wildman–Crippen MR) is 116 cm³/mol. The Morgan fingerprint density at radius 1 is 1.42 bits per heavy atom. The van der Waals surface area contributed by atoms with Crippen molar-refractivity contribution >= 4 is 28.9 Å². The number of nitriles is 1. The van der Waals surface area contributed by atoms with Crippen molar-refractivity contribution in [1.29, 1.82) is 5.26 Å². The molecule has 4 N–H and O–H groups in total. The van der Waals surface area contributed by atoms with Gasteiger partial charge in [0.15, 0.2) is 0 Å². The van der Waals surface area contributed by atoms with Crippen molar-refractivity contribution in [3.63, 3.8) is 0 Å². The van der Waals surface area contributed by atoms with E-state index >= 15 is 0 Å². The van der Waals surface area contributed by atoms with Crippen LogP contribution in [0.2, 0.25) is 0 Å². The Bertz CT molecular complexity index is 1210. The molecule has 0 aromatic carbocycles. The number of aromatic nitrogens is 4. The molecule has 1 fully saturated rings. The lowest BCUT2D eigenvalue weighted by Gasteiger charge is -2.22. The van der Waals surface area contributed by atoms with Crippen molar-refractivity contribution in [1.82, 2.24) is 24.4 Å². The molecule has 31 heavy (non-hydrogen) atoms. The van der Waals surface area contributed by atoms with Gasteiger partial charge in [0.2, 0.25) is 5.95 Å². The number of amides is 1. The molecule has 0 saturated carbocycles. The molecule has 1 unspecified atom stereocenters. The van der Waals surface area contributed by atoms with E-state index in [0.717, 1.165) is 28.7 Å². The van der Waals surface area contributed by atoms with E-state index in [1.807, 2.05) is 30.8 Å². The van der Waals surface area contributed by atoms with Gasteiger partial charge in [0.05, 0.1) is 28.5 Å². The van der Waals surface area contributed by atoms with Crippen LogP contribution in [0.4, 0.5) is 16.6 Å². The fourth-order valence-electron chi connectivity index (χ4n) is 4.18. The van der Waals surface area contributed by atoms with Gasteiger partial charge in [0, 0.05) is 32.3 Å². The van der Waals surface area contributed by atoms with E-state index in [0.29, 0.717) is 30.2 Å². The second kappa shape index (κ2) is 7.75. The lowest BCUT2D eigenvalue weighted by atomic mass is 9.93. The second-order valence-corrected chi connectivity index (χ2v) is 7.88. The molecule has 0 spiro atoms. The van der Waals surface area contributed by atoms with Gasteiger partial charge in [-0.2, -0.15) is 10.2 Å². The summed E-state index contributed by atoms with van der Waals surface area (Å²) in [5, 5.41) is 22.2. The third kappa shape index (κ3) is 3.70. The Balaban J connectivity index is 1.76. The molecule has 3 aromatic rings. The number of carbonyl (C=O) groups is 1. The molecule has 1 aliphatic rings. The number of nitrogen functional groups attached to an aromatic ring is 1. The van der Waals surface area contributed by atoms with Crippen LogP contribution in [0.15, 0.2) is 18.3 Å². The monoisotopic (exact) mass is 420 g/mol. The number of hydrogen-bond donors (Lipinski definition) is 3. The number of anilines is 2. The van der Waals surface area contributed by atoms with Crippen LogP contribution < -0.4 is 11.1 Å². The topological polar surface area (TPSA) is 146 Å². The number of nitrogens with one attached hydrogen (secondary N) is 1. The number of aryl methyl sites for hydroxylation is 2. The fourth-order valence-corrected chi connectivity index (χ4v) is 4.18. The number of rotatable bonds is 4. The van der Waals surface area contributed by atoms with Crippen molar-refractivity contribution in [3.05, 3.63) is 40.8 Å². The van der Waals surface area contributed by atoms with Crippen LogP contribution >= 0.6 is 0 Å². The molecule has 1 amide bonds. The lowest BCUT2D eigenvalue weighted by Crippen LogP contribution is -2.26. The summed E-state index contributed by atoms with van der Waals surface area (Å²) in [4.78, 5) is 26.0. The van der Waals surface area contributed by atoms with Gasteiger partial charge in [-0.1, -0.05) is 0 Å². The van der Waals surface area contributed by atoms with Crippen LogP contribution in [0.3, 0.4) is 0 Å². The smallest absolute Gasteiger partial charge is 0.407 e. The fraction of sp³-hybridized carbons (Fsp3) is 0.381. The molecule has 160 valence electrons. The molecule has 1 aliphatic heterocycles. The van der Waals surface area contributed by atoms with Crippen molar-refractivity contribution < 1.29 is 9.90 Å². The highest BCUT2D eigenvalue weighted by Crippen LogP contribution is 2.35. The lowest BCUT2D eigenvalue weighted by molar-refractivity contribution is 0.155. The minimum atomic E-state index is -0.909. The number of likely N-dealkylation sites (tertiary alicyclic amines) is 1. The third-order valence-corrected chi connectivity index (χ3v) is 5.81. The molecule has 4 rings (SSSR count). The van der Waals surface area contributed by atoms with E-state index in [-0.39, 0.29) is 17.9 Å². The van der Waals surface area contributed by atoms with Gasteiger partial charge in [-0.05, 0) is 38.0 Å². The SMILES string of the molecule is Cc1nc(N)nc(N[C@@H](C)c2nc3ccn(C)c3cc2C2CCN(C(=O)O)C2)c1C#N. The van der Waals surface area contributed by atoms with Crippen LogP contribution in [-0.2, 0) is 7.05 Å². The van der Waals surface area contributed by atoms with E-state index in [4.69, 9.17) is 10.7 Å². The number of pyridine rings is 1. The summed E-state index contributed by atoms with van der Waals surface area (Å²) in [6.45, 7) is 4.58. The molecule has 0 bridgehead atoms. The Labute approximate surface area is 179 Å². The van der Waals surface area contributed by atoms with Crippen molar-refractivity contribution in [3.8, 4) is 6.07 Å². The summed E-state index contributed by atoms with van der Waals surface area (Å²) in [6, 6.07) is 5.88. The maximum absolute atomic E-state index is 11.4. The molecule has 3 aromatic heterocycles. The van der Waals surface area contributed by atoms with Crippen molar-refractivity contribution in [2.45, 2.75) is 32.2 Å². The molecule has 0 radical (unpaired) electrons. The maximum Gasteiger partial charge on any atom is 0.407 e. The van der Waals surface area contributed by atoms with Crippen LogP contribution in [-0.4, -0.2) is 48.7 Å². The standard InChI is InChI=1S/C21H24N8O2/c1-11-15(9-22)19(27-20(23)25-11)24-12(2)18-14(13-4-7-29(10-13)21(30)31)8-17-16(26-18)5-6-28(17)3/h5-6,8,12-13H,4,7,10H2,1-3H3,(H,30,31)(H3,23,24,25,27)/t12-,13?/m0/s1. The molecular weight excluding hydrogens is 396 g/mol. The van der Waals surface area contributed by atoms with Crippen LogP contribution in [0.1, 0.15) is 47.8 Å². The second-order valence-electron chi connectivity index (χ2n) is 7.88. The van der Waals surface area contributed by atoms with Gasteiger partial charge in [-0.25, -0.2) is 14.8 Å². The van der Waals surface area contributed by atoms with Gasteiger partial charge in [-0.3, -0.25) is 0 Å². The number of fused-ring (bicyclic) bond motifs is 1. The van der Waals surface area contributed by atoms with Crippen LogP contribution in [0.5, 0.6) is 0 Å². The Morgan fingerprint density at radius 2 is 2.19 bits per heavy atom.